The average Bonchev–Trinajstić information content (AvgIpc) is 2.88. The number of esters is 1. The molecule has 33 heavy (non-hydrogen) atoms. The van der Waals surface area contributed by atoms with Crippen molar-refractivity contribution in [3.05, 3.63) is 137 Å². The molecule has 3 nitrogen and oxygen atoms in total. The van der Waals surface area contributed by atoms with Crippen LogP contribution in [-0.4, -0.2) is 11.0 Å². The molecule has 0 aliphatic rings. The molecule has 0 amide bonds. The van der Waals surface area contributed by atoms with Crippen molar-refractivity contribution in [1.29, 1.82) is 0 Å². The lowest BCUT2D eigenvalue weighted by atomic mass is 10.0. The number of para-hydroxylation sites is 1. The summed E-state index contributed by atoms with van der Waals surface area (Å²) in [5, 5.41) is 1.31. The molecule has 0 aliphatic heterocycles. The minimum atomic E-state index is -0.532. The van der Waals surface area contributed by atoms with Crippen LogP contribution in [0.4, 0.5) is 0 Å². The molecule has 4 heteroatoms. The van der Waals surface area contributed by atoms with Crippen molar-refractivity contribution in [2.45, 2.75) is 6.10 Å². The Balaban J connectivity index is 1.61. The number of fused-ring (bicyclic) bond motifs is 1. The van der Waals surface area contributed by atoms with Gasteiger partial charge in [0.25, 0.3) is 0 Å². The zero-order chi connectivity index (χ0) is 22.6. The van der Waals surface area contributed by atoms with E-state index in [1.165, 1.54) is 0 Å². The third-order valence-electron chi connectivity index (χ3n) is 5.52. The van der Waals surface area contributed by atoms with Crippen molar-refractivity contribution in [1.82, 2.24) is 4.98 Å². The number of ether oxygens (including phenoxy) is 1. The summed E-state index contributed by atoms with van der Waals surface area (Å²) in [7, 11) is 0. The first kappa shape index (κ1) is 20.9. The summed E-state index contributed by atoms with van der Waals surface area (Å²) in [6.07, 6.45) is -0.532. The van der Waals surface area contributed by atoms with E-state index in [0.29, 0.717) is 21.8 Å². The van der Waals surface area contributed by atoms with Crippen molar-refractivity contribution in [2.24, 2.45) is 0 Å². The molecule has 1 aromatic heterocycles. The first-order valence-electron chi connectivity index (χ1n) is 10.7. The van der Waals surface area contributed by atoms with Gasteiger partial charge in [0.2, 0.25) is 0 Å². The Bertz CT molecular complexity index is 1380. The van der Waals surface area contributed by atoms with E-state index < -0.39 is 12.1 Å². The van der Waals surface area contributed by atoms with Crippen LogP contribution in [0.5, 0.6) is 0 Å². The lowest BCUT2D eigenvalue weighted by Crippen LogP contribution is -2.14. The van der Waals surface area contributed by atoms with Gasteiger partial charge < -0.3 is 4.74 Å². The molecule has 4 aromatic carbocycles. The SMILES string of the molecule is O=C(OC(c1ccccc1)c1ccccc1)c1cc(-c2ccccc2Cl)nc2ccccc12. The fraction of sp³-hybridized carbons (Fsp3) is 0.0345. The Morgan fingerprint density at radius 3 is 1.97 bits per heavy atom. The highest BCUT2D eigenvalue weighted by atomic mass is 35.5. The fourth-order valence-corrected chi connectivity index (χ4v) is 4.14. The number of carbonyl (C=O) groups excluding carboxylic acids is 1. The minimum absolute atomic E-state index is 0.417. The molecule has 0 aliphatic carbocycles. The van der Waals surface area contributed by atoms with Gasteiger partial charge in [0.15, 0.2) is 6.10 Å². The topological polar surface area (TPSA) is 39.2 Å². The molecule has 0 atom stereocenters. The maximum Gasteiger partial charge on any atom is 0.339 e. The lowest BCUT2D eigenvalue weighted by molar-refractivity contribution is 0.0380. The number of aromatic nitrogens is 1. The van der Waals surface area contributed by atoms with E-state index in [9.17, 15) is 4.79 Å². The number of hydrogen-bond acceptors (Lipinski definition) is 3. The van der Waals surface area contributed by atoms with Crippen LogP contribution in [0.3, 0.4) is 0 Å². The summed E-state index contributed by atoms with van der Waals surface area (Å²) < 4.78 is 6.14. The van der Waals surface area contributed by atoms with E-state index in [-0.39, 0.29) is 0 Å². The second kappa shape index (κ2) is 9.27. The van der Waals surface area contributed by atoms with Crippen molar-refractivity contribution >= 4 is 28.5 Å². The number of halogens is 1. The van der Waals surface area contributed by atoms with Gasteiger partial charge in [-0.05, 0) is 29.3 Å². The zero-order valence-corrected chi connectivity index (χ0v) is 18.4. The van der Waals surface area contributed by atoms with Gasteiger partial charge in [0, 0.05) is 16.0 Å². The molecular weight excluding hydrogens is 430 g/mol. The Labute approximate surface area is 197 Å². The number of pyridine rings is 1. The van der Waals surface area contributed by atoms with E-state index in [1.807, 2.05) is 109 Å². The molecule has 160 valence electrons. The molecule has 0 N–H and O–H groups in total. The van der Waals surface area contributed by atoms with Crippen molar-refractivity contribution in [3.8, 4) is 11.3 Å². The van der Waals surface area contributed by atoms with Crippen LogP contribution in [0.15, 0.2) is 115 Å². The van der Waals surface area contributed by atoms with Crippen LogP contribution in [-0.2, 0) is 4.74 Å². The van der Waals surface area contributed by atoms with Gasteiger partial charge in [0.05, 0.1) is 16.8 Å². The molecule has 0 spiro atoms. The second-order valence-corrected chi connectivity index (χ2v) is 8.07. The van der Waals surface area contributed by atoms with Crippen LogP contribution in [0.1, 0.15) is 27.6 Å². The Kier molecular flexibility index (Phi) is 5.88. The van der Waals surface area contributed by atoms with E-state index in [0.717, 1.165) is 22.1 Å². The van der Waals surface area contributed by atoms with Gasteiger partial charge in [-0.1, -0.05) is 109 Å². The van der Waals surface area contributed by atoms with E-state index in [4.69, 9.17) is 21.3 Å². The van der Waals surface area contributed by atoms with Crippen molar-refractivity contribution in [3.63, 3.8) is 0 Å². The van der Waals surface area contributed by atoms with Gasteiger partial charge in [-0.2, -0.15) is 0 Å². The summed E-state index contributed by atoms with van der Waals surface area (Å²) in [4.78, 5) is 18.4. The fourth-order valence-electron chi connectivity index (χ4n) is 3.91. The second-order valence-electron chi connectivity index (χ2n) is 7.66. The lowest BCUT2D eigenvalue weighted by Gasteiger charge is -2.20. The van der Waals surface area contributed by atoms with Gasteiger partial charge >= 0.3 is 5.97 Å². The predicted octanol–water partition coefficient (Wildman–Crippen LogP) is 7.50. The average molecular weight is 450 g/mol. The zero-order valence-electron chi connectivity index (χ0n) is 17.7. The molecule has 0 saturated heterocycles. The summed E-state index contributed by atoms with van der Waals surface area (Å²) >= 11 is 6.43. The van der Waals surface area contributed by atoms with Crippen LogP contribution >= 0.6 is 11.6 Å². The normalized spacial score (nSPS) is 11.0. The molecule has 0 saturated carbocycles. The maximum absolute atomic E-state index is 13.6. The van der Waals surface area contributed by atoms with Crippen LogP contribution < -0.4 is 0 Å². The highest BCUT2D eigenvalue weighted by Gasteiger charge is 2.22. The molecule has 0 radical (unpaired) electrons. The summed E-state index contributed by atoms with van der Waals surface area (Å²) in [6, 6.07) is 36.3. The number of nitrogens with zero attached hydrogens (tertiary/aromatic N) is 1. The third-order valence-corrected chi connectivity index (χ3v) is 5.85. The largest absolute Gasteiger partial charge is 0.449 e. The standard InChI is InChI=1S/C29H20ClNO2/c30-25-17-9-7-16-23(25)27-19-24(22-15-8-10-18-26(22)31-27)29(32)33-28(20-11-3-1-4-12-20)21-13-5-2-6-14-21/h1-19,28H. The van der Waals surface area contributed by atoms with Gasteiger partial charge in [-0.25, -0.2) is 9.78 Å². The van der Waals surface area contributed by atoms with Gasteiger partial charge in [-0.15, -0.1) is 0 Å². The number of hydrogen-bond donors (Lipinski definition) is 0. The van der Waals surface area contributed by atoms with Gasteiger partial charge in [0.1, 0.15) is 0 Å². The van der Waals surface area contributed by atoms with E-state index >= 15 is 0 Å². The van der Waals surface area contributed by atoms with Crippen molar-refractivity contribution < 1.29 is 9.53 Å². The molecule has 0 unspecified atom stereocenters. The van der Waals surface area contributed by atoms with Crippen LogP contribution in [0, 0.1) is 0 Å². The molecule has 0 bridgehead atoms. The first-order chi connectivity index (χ1) is 16.2. The Morgan fingerprint density at radius 2 is 1.30 bits per heavy atom. The van der Waals surface area contributed by atoms with E-state index in [2.05, 4.69) is 0 Å². The maximum atomic E-state index is 13.6. The van der Waals surface area contributed by atoms with Gasteiger partial charge in [-0.3, -0.25) is 0 Å². The number of rotatable bonds is 5. The summed E-state index contributed by atoms with van der Waals surface area (Å²) in [5.74, 6) is -0.417. The molecule has 0 fully saturated rings. The summed E-state index contributed by atoms with van der Waals surface area (Å²) in [5.41, 5.74) is 4.36. The van der Waals surface area contributed by atoms with Crippen LogP contribution in [0.25, 0.3) is 22.2 Å². The number of carbonyl (C=O) groups is 1. The van der Waals surface area contributed by atoms with Crippen LogP contribution in [0.2, 0.25) is 5.02 Å². The quantitative estimate of drug-likeness (QED) is 0.261. The predicted molar refractivity (Wildman–Crippen MR) is 132 cm³/mol. The molecular formula is C29H20ClNO2. The number of benzene rings is 4. The highest BCUT2D eigenvalue weighted by molar-refractivity contribution is 6.33. The first-order valence-corrected chi connectivity index (χ1v) is 11.0. The summed E-state index contributed by atoms with van der Waals surface area (Å²) in [6.45, 7) is 0. The van der Waals surface area contributed by atoms with Crippen molar-refractivity contribution in [2.75, 3.05) is 0 Å². The smallest absolute Gasteiger partial charge is 0.339 e. The molecule has 5 aromatic rings. The minimum Gasteiger partial charge on any atom is -0.449 e. The monoisotopic (exact) mass is 449 g/mol. The molecule has 5 rings (SSSR count). The third kappa shape index (κ3) is 4.36. The molecule has 1 heterocycles. The Morgan fingerprint density at radius 1 is 0.727 bits per heavy atom. The Hall–Kier alpha value is -3.95. The van der Waals surface area contributed by atoms with E-state index in [1.54, 1.807) is 6.07 Å². The highest BCUT2D eigenvalue weighted by Crippen LogP contribution is 2.32.